The maximum Gasteiger partial charge on any atom is 0.290 e. The van der Waals surface area contributed by atoms with E-state index in [1.807, 2.05) is 18.2 Å². The van der Waals surface area contributed by atoms with Gasteiger partial charge in [0.25, 0.3) is 6.47 Å². The first-order valence-electron chi connectivity index (χ1n) is 8.70. The third-order valence-electron chi connectivity index (χ3n) is 5.32. The number of ketones is 1. The average Bonchev–Trinajstić information content (AvgIpc) is 3.21. The van der Waals surface area contributed by atoms with Crippen LogP contribution in [0.1, 0.15) is 43.2 Å². The van der Waals surface area contributed by atoms with Crippen LogP contribution in [0.3, 0.4) is 0 Å². The third-order valence-corrected chi connectivity index (χ3v) is 5.32. The van der Waals surface area contributed by atoms with Crippen LogP contribution in [0.5, 0.6) is 0 Å². The Kier molecular flexibility index (Phi) is 5.41. The minimum Gasteiger partial charge on any atom is -0.483 e. The summed E-state index contributed by atoms with van der Waals surface area (Å²) in [5.41, 5.74) is 3.00. The normalized spacial score (nSPS) is 25.1. The summed E-state index contributed by atoms with van der Waals surface area (Å²) in [6.45, 7) is 2.78. The molecule has 3 heterocycles. The third kappa shape index (κ3) is 3.56. The molecule has 24 heavy (non-hydrogen) atoms. The van der Waals surface area contributed by atoms with Gasteiger partial charge in [-0.05, 0) is 43.7 Å². The zero-order valence-corrected chi connectivity index (χ0v) is 13.9. The lowest BCUT2D eigenvalue weighted by molar-refractivity contribution is -0.122. The van der Waals surface area contributed by atoms with Crippen LogP contribution in [0, 0.1) is 5.92 Å². The molecule has 0 saturated carbocycles. The van der Waals surface area contributed by atoms with E-state index in [-0.39, 0.29) is 12.3 Å². The molecule has 4 rings (SSSR count). The lowest BCUT2D eigenvalue weighted by Crippen LogP contribution is -2.40. The highest BCUT2D eigenvalue weighted by atomic mass is 16.3. The second kappa shape index (κ2) is 7.71. The summed E-state index contributed by atoms with van der Waals surface area (Å²) < 4.78 is 0. The zero-order valence-electron chi connectivity index (χ0n) is 13.9. The fourth-order valence-corrected chi connectivity index (χ4v) is 4.22. The largest absolute Gasteiger partial charge is 0.483 e. The molecule has 3 aliphatic rings. The SMILES string of the molecule is O=C(C[C@@H]1CC[C@@H]2CCCN2C1)C1=NCc2ccccc21.O=CO. The number of fused-ring (bicyclic) bond motifs is 2. The van der Waals surface area contributed by atoms with E-state index in [4.69, 9.17) is 9.90 Å². The van der Waals surface area contributed by atoms with Crippen LogP contribution in [0.4, 0.5) is 0 Å². The molecule has 0 radical (unpaired) electrons. The molecule has 0 amide bonds. The van der Waals surface area contributed by atoms with E-state index in [1.165, 1.54) is 37.8 Å². The summed E-state index contributed by atoms with van der Waals surface area (Å²) in [6, 6.07) is 8.95. The van der Waals surface area contributed by atoms with Gasteiger partial charge in [-0.2, -0.15) is 0 Å². The molecule has 0 aliphatic carbocycles. The Morgan fingerprint density at radius 2 is 2.08 bits per heavy atom. The first-order chi connectivity index (χ1) is 11.7. The second-order valence-electron chi connectivity index (χ2n) is 6.79. The van der Waals surface area contributed by atoms with Crippen LogP contribution in [-0.4, -0.2) is 47.1 Å². The molecule has 0 spiro atoms. The van der Waals surface area contributed by atoms with Gasteiger partial charge in [-0.25, -0.2) is 0 Å². The van der Waals surface area contributed by atoms with Crippen LogP contribution in [0.2, 0.25) is 0 Å². The van der Waals surface area contributed by atoms with E-state index in [0.29, 0.717) is 18.9 Å². The van der Waals surface area contributed by atoms with Gasteiger partial charge >= 0.3 is 0 Å². The van der Waals surface area contributed by atoms with Crippen LogP contribution in [-0.2, 0) is 16.1 Å². The smallest absolute Gasteiger partial charge is 0.290 e. The summed E-state index contributed by atoms with van der Waals surface area (Å²) in [7, 11) is 0. The van der Waals surface area contributed by atoms with Crippen LogP contribution < -0.4 is 0 Å². The van der Waals surface area contributed by atoms with E-state index in [1.54, 1.807) is 0 Å². The van der Waals surface area contributed by atoms with E-state index in [9.17, 15) is 4.79 Å². The molecule has 0 bridgehead atoms. The topological polar surface area (TPSA) is 70.0 Å². The summed E-state index contributed by atoms with van der Waals surface area (Å²) in [5.74, 6) is 0.782. The minimum atomic E-state index is -0.250. The molecular weight excluding hydrogens is 304 g/mol. The molecule has 2 atom stereocenters. The van der Waals surface area contributed by atoms with Gasteiger partial charge in [0.05, 0.1) is 6.54 Å². The molecule has 1 aromatic carbocycles. The number of piperidine rings is 1. The van der Waals surface area contributed by atoms with Crippen molar-refractivity contribution >= 4 is 18.0 Å². The van der Waals surface area contributed by atoms with Crippen molar-refractivity contribution in [3.05, 3.63) is 35.4 Å². The van der Waals surface area contributed by atoms with Crippen molar-refractivity contribution in [3.8, 4) is 0 Å². The van der Waals surface area contributed by atoms with Gasteiger partial charge in [0.15, 0.2) is 5.78 Å². The van der Waals surface area contributed by atoms with Crippen LogP contribution >= 0.6 is 0 Å². The number of nitrogens with zero attached hydrogens (tertiary/aromatic N) is 2. The molecular formula is C19H24N2O3. The lowest BCUT2D eigenvalue weighted by atomic mass is 9.88. The monoisotopic (exact) mass is 328 g/mol. The fourth-order valence-electron chi connectivity index (χ4n) is 4.22. The fraction of sp³-hybridized carbons (Fsp3) is 0.526. The second-order valence-corrected chi connectivity index (χ2v) is 6.79. The number of hydrogen-bond donors (Lipinski definition) is 1. The van der Waals surface area contributed by atoms with Crippen LogP contribution in [0.15, 0.2) is 29.3 Å². The highest BCUT2D eigenvalue weighted by Crippen LogP contribution is 2.31. The van der Waals surface area contributed by atoms with Crippen molar-refractivity contribution in [1.29, 1.82) is 0 Å². The first kappa shape index (κ1) is 16.8. The molecule has 3 aliphatic heterocycles. The summed E-state index contributed by atoms with van der Waals surface area (Å²) in [5, 5.41) is 6.89. The summed E-state index contributed by atoms with van der Waals surface area (Å²) in [6.07, 6.45) is 5.87. The van der Waals surface area contributed by atoms with Crippen molar-refractivity contribution in [2.24, 2.45) is 10.9 Å². The molecule has 1 N–H and O–H groups in total. The predicted octanol–water partition coefficient (Wildman–Crippen LogP) is 2.52. The van der Waals surface area contributed by atoms with Crippen LogP contribution in [0.25, 0.3) is 0 Å². The van der Waals surface area contributed by atoms with Crippen molar-refractivity contribution in [1.82, 2.24) is 4.90 Å². The van der Waals surface area contributed by atoms with Gasteiger partial charge in [0, 0.05) is 24.6 Å². The predicted molar refractivity (Wildman–Crippen MR) is 92.3 cm³/mol. The van der Waals surface area contributed by atoms with E-state index in [0.717, 1.165) is 23.9 Å². The number of carbonyl (C=O) groups is 2. The van der Waals surface area contributed by atoms with E-state index in [2.05, 4.69) is 16.0 Å². The van der Waals surface area contributed by atoms with Crippen molar-refractivity contribution in [2.45, 2.75) is 44.7 Å². The van der Waals surface area contributed by atoms with Gasteiger partial charge < -0.3 is 10.0 Å². The van der Waals surface area contributed by atoms with Gasteiger partial charge in [-0.15, -0.1) is 0 Å². The average molecular weight is 328 g/mol. The van der Waals surface area contributed by atoms with E-state index < -0.39 is 0 Å². The number of Topliss-reactive ketones (excluding diaryl/α,β-unsaturated/α-hetero) is 1. The number of aliphatic imine (C=N–C) groups is 1. The number of carboxylic acid groups (broad SMARTS) is 1. The molecule has 128 valence electrons. The van der Waals surface area contributed by atoms with Crippen molar-refractivity contribution < 1.29 is 14.7 Å². The molecule has 1 aromatic rings. The Morgan fingerprint density at radius 3 is 2.92 bits per heavy atom. The molecule has 0 unspecified atom stereocenters. The first-order valence-corrected chi connectivity index (χ1v) is 8.70. The lowest BCUT2D eigenvalue weighted by Gasteiger charge is -2.34. The van der Waals surface area contributed by atoms with Gasteiger partial charge in [-0.3, -0.25) is 14.6 Å². The maximum absolute atomic E-state index is 12.6. The number of benzene rings is 1. The summed E-state index contributed by atoms with van der Waals surface area (Å²) >= 11 is 0. The molecule has 5 nitrogen and oxygen atoms in total. The van der Waals surface area contributed by atoms with Crippen molar-refractivity contribution in [2.75, 3.05) is 13.1 Å². The number of hydrogen-bond acceptors (Lipinski definition) is 4. The van der Waals surface area contributed by atoms with Gasteiger partial charge in [0.1, 0.15) is 5.71 Å². The van der Waals surface area contributed by atoms with Crippen molar-refractivity contribution in [3.63, 3.8) is 0 Å². The highest BCUT2D eigenvalue weighted by Gasteiger charge is 2.33. The maximum atomic E-state index is 12.6. The minimum absolute atomic E-state index is 0.250. The van der Waals surface area contributed by atoms with Gasteiger partial charge in [0.2, 0.25) is 0 Å². The Hall–Kier alpha value is -2.01. The Bertz CT molecular complexity index is 641. The Morgan fingerprint density at radius 1 is 1.29 bits per heavy atom. The summed E-state index contributed by atoms with van der Waals surface area (Å²) in [4.78, 5) is 28.1. The molecule has 5 heteroatoms. The Balaban J connectivity index is 0.000000526. The van der Waals surface area contributed by atoms with E-state index >= 15 is 0 Å². The highest BCUT2D eigenvalue weighted by molar-refractivity contribution is 6.47. The zero-order chi connectivity index (χ0) is 16.9. The number of carbonyl (C=O) groups excluding carboxylic acids is 1. The quantitative estimate of drug-likeness (QED) is 0.866. The Labute approximate surface area is 142 Å². The van der Waals surface area contributed by atoms with Gasteiger partial charge in [-0.1, -0.05) is 24.3 Å². The molecule has 2 fully saturated rings. The standard InChI is InChI=1S/C18H22N2O.CH2O2/c21-17(18-16-6-2-1-4-14(16)11-19-18)10-13-7-8-15-5-3-9-20(15)12-13;2-1-3/h1-2,4,6,13,15H,3,5,7-12H2;1H,(H,2,3)/t13-,15-;/m0./s1. The molecule has 0 aromatic heterocycles. The molecule has 2 saturated heterocycles. The number of rotatable bonds is 3.